The molecule has 1 aromatic heterocycles. The number of benzene rings is 1. The van der Waals surface area contributed by atoms with Crippen LogP contribution in [-0.2, 0) is 6.54 Å². The van der Waals surface area contributed by atoms with Gasteiger partial charge in [0.05, 0.1) is 6.54 Å². The standard InChI is InChI=1S/C9H11N5O/c10-9-11-13-14(12-9)6-8(15)7-4-2-1-3-5-7/h1-5,8,15H,6H2,(H2,10,12). The summed E-state index contributed by atoms with van der Waals surface area (Å²) in [5.74, 6) is 0.107. The first-order valence-electron chi connectivity index (χ1n) is 4.52. The number of aliphatic hydroxyl groups excluding tert-OH is 1. The zero-order chi connectivity index (χ0) is 10.7. The number of tetrazole rings is 1. The second-order valence-corrected chi connectivity index (χ2v) is 3.13. The maximum absolute atomic E-state index is 9.81. The van der Waals surface area contributed by atoms with Crippen molar-refractivity contribution in [2.45, 2.75) is 12.6 Å². The van der Waals surface area contributed by atoms with Crippen LogP contribution >= 0.6 is 0 Å². The van der Waals surface area contributed by atoms with E-state index in [9.17, 15) is 5.11 Å². The van der Waals surface area contributed by atoms with Gasteiger partial charge >= 0.3 is 0 Å². The highest BCUT2D eigenvalue weighted by molar-refractivity contribution is 5.17. The maximum Gasteiger partial charge on any atom is 0.260 e. The Labute approximate surface area is 86.3 Å². The summed E-state index contributed by atoms with van der Waals surface area (Å²) >= 11 is 0. The molecule has 0 amide bonds. The van der Waals surface area contributed by atoms with E-state index in [2.05, 4.69) is 15.4 Å². The highest BCUT2D eigenvalue weighted by Gasteiger charge is 2.09. The molecule has 15 heavy (non-hydrogen) atoms. The Kier molecular flexibility index (Phi) is 2.59. The Hall–Kier alpha value is -1.95. The van der Waals surface area contributed by atoms with Gasteiger partial charge in [0.1, 0.15) is 6.10 Å². The highest BCUT2D eigenvalue weighted by atomic mass is 16.3. The summed E-state index contributed by atoms with van der Waals surface area (Å²) in [4.78, 5) is 1.27. The molecule has 0 bridgehead atoms. The van der Waals surface area contributed by atoms with Crippen molar-refractivity contribution in [1.82, 2.24) is 20.2 Å². The average molecular weight is 205 g/mol. The predicted octanol–water partition coefficient (Wildman–Crippen LogP) is -0.0111. The summed E-state index contributed by atoms with van der Waals surface area (Å²) in [5, 5.41) is 20.8. The molecule has 0 radical (unpaired) electrons. The van der Waals surface area contributed by atoms with Gasteiger partial charge in [-0.05, 0) is 10.8 Å². The fourth-order valence-electron chi connectivity index (χ4n) is 1.27. The quantitative estimate of drug-likeness (QED) is 0.735. The zero-order valence-electron chi connectivity index (χ0n) is 7.98. The lowest BCUT2D eigenvalue weighted by Gasteiger charge is -2.08. The SMILES string of the molecule is Nc1nnn(CC(O)c2ccccc2)n1. The molecule has 1 atom stereocenters. The number of anilines is 1. The summed E-state index contributed by atoms with van der Waals surface area (Å²) in [7, 11) is 0. The molecule has 0 fully saturated rings. The van der Waals surface area contributed by atoms with Gasteiger partial charge in [-0.25, -0.2) is 0 Å². The van der Waals surface area contributed by atoms with E-state index in [1.807, 2.05) is 30.3 Å². The van der Waals surface area contributed by atoms with Crippen molar-refractivity contribution in [3.8, 4) is 0 Å². The van der Waals surface area contributed by atoms with E-state index in [-0.39, 0.29) is 12.5 Å². The van der Waals surface area contributed by atoms with Crippen molar-refractivity contribution >= 4 is 5.95 Å². The third kappa shape index (κ3) is 2.29. The Morgan fingerprint density at radius 3 is 2.67 bits per heavy atom. The number of aromatic nitrogens is 4. The molecule has 2 aromatic rings. The van der Waals surface area contributed by atoms with Crippen LogP contribution in [0.1, 0.15) is 11.7 Å². The van der Waals surface area contributed by atoms with Crippen molar-refractivity contribution < 1.29 is 5.11 Å². The van der Waals surface area contributed by atoms with Crippen LogP contribution in [0.5, 0.6) is 0 Å². The van der Waals surface area contributed by atoms with Gasteiger partial charge in [-0.1, -0.05) is 35.4 Å². The topological polar surface area (TPSA) is 89.8 Å². The number of nitrogens with two attached hydrogens (primary N) is 1. The minimum atomic E-state index is -0.653. The van der Waals surface area contributed by atoms with E-state index < -0.39 is 6.10 Å². The molecule has 0 spiro atoms. The van der Waals surface area contributed by atoms with E-state index in [1.165, 1.54) is 4.80 Å². The number of aliphatic hydroxyl groups is 1. The van der Waals surface area contributed by atoms with Gasteiger partial charge in [-0.15, -0.1) is 5.10 Å². The van der Waals surface area contributed by atoms with Crippen molar-refractivity contribution in [3.05, 3.63) is 35.9 Å². The van der Waals surface area contributed by atoms with Gasteiger partial charge < -0.3 is 10.8 Å². The molecule has 0 saturated heterocycles. The Morgan fingerprint density at radius 1 is 1.33 bits per heavy atom. The monoisotopic (exact) mass is 205 g/mol. The van der Waals surface area contributed by atoms with Gasteiger partial charge in [0, 0.05) is 0 Å². The smallest absolute Gasteiger partial charge is 0.260 e. The Bertz CT molecular complexity index is 427. The molecule has 1 aromatic carbocycles. The van der Waals surface area contributed by atoms with E-state index in [1.54, 1.807) is 0 Å². The zero-order valence-corrected chi connectivity index (χ0v) is 7.98. The molecule has 6 heteroatoms. The van der Waals surface area contributed by atoms with Crippen molar-refractivity contribution in [2.24, 2.45) is 0 Å². The molecule has 1 unspecified atom stereocenters. The number of hydrogen-bond acceptors (Lipinski definition) is 5. The van der Waals surface area contributed by atoms with E-state index >= 15 is 0 Å². The molecule has 2 rings (SSSR count). The molecule has 1 heterocycles. The molecule has 0 aliphatic heterocycles. The van der Waals surface area contributed by atoms with Crippen LogP contribution < -0.4 is 5.73 Å². The molecular formula is C9H11N5O. The molecule has 0 saturated carbocycles. The normalized spacial score (nSPS) is 12.6. The first-order chi connectivity index (χ1) is 7.25. The number of rotatable bonds is 3. The summed E-state index contributed by atoms with van der Waals surface area (Å²) in [5.41, 5.74) is 6.12. The third-order valence-electron chi connectivity index (χ3n) is 1.99. The first kappa shape index (κ1) is 9.60. The van der Waals surface area contributed by atoms with Crippen LogP contribution in [0.25, 0.3) is 0 Å². The Morgan fingerprint density at radius 2 is 2.07 bits per heavy atom. The van der Waals surface area contributed by atoms with Crippen LogP contribution in [-0.4, -0.2) is 25.3 Å². The predicted molar refractivity (Wildman–Crippen MR) is 53.6 cm³/mol. The lowest BCUT2D eigenvalue weighted by molar-refractivity contribution is 0.144. The van der Waals surface area contributed by atoms with Gasteiger partial charge in [-0.3, -0.25) is 0 Å². The minimum absolute atomic E-state index is 0.107. The average Bonchev–Trinajstić information content (AvgIpc) is 2.65. The maximum atomic E-state index is 9.81. The van der Waals surface area contributed by atoms with Gasteiger partial charge in [0.25, 0.3) is 5.95 Å². The van der Waals surface area contributed by atoms with Crippen LogP contribution in [0.15, 0.2) is 30.3 Å². The van der Waals surface area contributed by atoms with Crippen LogP contribution in [0.4, 0.5) is 5.95 Å². The minimum Gasteiger partial charge on any atom is -0.386 e. The molecule has 78 valence electrons. The van der Waals surface area contributed by atoms with Crippen molar-refractivity contribution in [3.63, 3.8) is 0 Å². The fourth-order valence-corrected chi connectivity index (χ4v) is 1.27. The van der Waals surface area contributed by atoms with E-state index in [0.29, 0.717) is 0 Å². The molecular weight excluding hydrogens is 194 g/mol. The van der Waals surface area contributed by atoms with E-state index in [4.69, 9.17) is 5.73 Å². The largest absolute Gasteiger partial charge is 0.386 e. The molecule has 3 N–H and O–H groups in total. The fraction of sp³-hybridized carbons (Fsp3) is 0.222. The summed E-state index contributed by atoms with van der Waals surface area (Å²) in [6, 6.07) is 9.29. The lowest BCUT2D eigenvalue weighted by Crippen LogP contribution is -2.11. The highest BCUT2D eigenvalue weighted by Crippen LogP contribution is 2.13. The number of nitrogens with zero attached hydrogens (tertiary/aromatic N) is 4. The summed E-state index contributed by atoms with van der Waals surface area (Å²) in [6.07, 6.45) is -0.653. The number of nitrogen functional groups attached to an aromatic ring is 1. The molecule has 6 nitrogen and oxygen atoms in total. The summed E-state index contributed by atoms with van der Waals surface area (Å²) < 4.78 is 0. The molecule has 0 aliphatic rings. The van der Waals surface area contributed by atoms with Gasteiger partial charge in [-0.2, -0.15) is 4.80 Å². The van der Waals surface area contributed by atoms with Crippen molar-refractivity contribution in [2.75, 3.05) is 5.73 Å². The van der Waals surface area contributed by atoms with Crippen molar-refractivity contribution in [1.29, 1.82) is 0 Å². The lowest BCUT2D eigenvalue weighted by atomic mass is 10.1. The second-order valence-electron chi connectivity index (χ2n) is 3.13. The van der Waals surface area contributed by atoms with Gasteiger partial charge in [0.15, 0.2) is 0 Å². The van der Waals surface area contributed by atoms with E-state index in [0.717, 1.165) is 5.56 Å². The van der Waals surface area contributed by atoms with Crippen LogP contribution in [0, 0.1) is 0 Å². The van der Waals surface area contributed by atoms with Crippen LogP contribution in [0.2, 0.25) is 0 Å². The molecule has 0 aliphatic carbocycles. The summed E-state index contributed by atoms with van der Waals surface area (Å²) in [6.45, 7) is 0.244. The Balaban J connectivity index is 2.07. The first-order valence-corrected chi connectivity index (χ1v) is 4.52. The van der Waals surface area contributed by atoms with Gasteiger partial charge in [0.2, 0.25) is 0 Å². The second kappa shape index (κ2) is 4.05. The van der Waals surface area contributed by atoms with Crippen LogP contribution in [0.3, 0.4) is 0 Å². The third-order valence-corrected chi connectivity index (χ3v) is 1.99. The number of hydrogen-bond donors (Lipinski definition) is 2.